The second-order valence-corrected chi connectivity index (χ2v) is 7.52. The molecule has 1 aliphatic carbocycles. The second-order valence-electron chi connectivity index (χ2n) is 7.52. The molecular weight excluding hydrogens is 302 g/mol. The first kappa shape index (κ1) is 20.5. The molecule has 6 N–H and O–H groups in total. The zero-order valence-electron chi connectivity index (χ0n) is 15.4. The highest BCUT2D eigenvalue weighted by Crippen LogP contribution is 2.43. The Morgan fingerprint density at radius 2 is 2.00 bits per heavy atom. The third-order valence-electron chi connectivity index (χ3n) is 4.49. The average molecular weight is 335 g/mol. The molecule has 5 nitrogen and oxygen atoms in total. The molecule has 0 fully saturated rings. The topological polar surface area (TPSA) is 101 Å². The Kier molecular flexibility index (Phi) is 7.70. The lowest BCUT2D eigenvalue weighted by atomic mass is 9.66. The van der Waals surface area contributed by atoms with Crippen molar-refractivity contribution in [3.8, 4) is 0 Å². The normalized spacial score (nSPS) is 19.9. The van der Waals surface area contributed by atoms with Gasteiger partial charge in [-0.25, -0.2) is 4.79 Å². The van der Waals surface area contributed by atoms with Gasteiger partial charge in [-0.1, -0.05) is 45.9 Å². The standard InChI is InChI=1S/C18H30N2.CH3NO2/c1-5-10-20-16-9-7-14-11-13(12-19)6-8-15(14)17(16)18(2,3)4;2-1(3)4/h6,8,11,16-17,20H,5,7,9-10,12,19H2,1-4H3;2H2,(H,3,4)/t16?,17-;/m1./s1. The number of benzene rings is 1. The van der Waals surface area contributed by atoms with Crippen LogP contribution in [0.2, 0.25) is 0 Å². The summed E-state index contributed by atoms with van der Waals surface area (Å²) in [5.41, 5.74) is 14.4. The first-order valence-corrected chi connectivity index (χ1v) is 8.74. The van der Waals surface area contributed by atoms with Crippen LogP contribution in [-0.2, 0) is 13.0 Å². The van der Waals surface area contributed by atoms with Crippen molar-refractivity contribution in [2.24, 2.45) is 16.9 Å². The van der Waals surface area contributed by atoms with Crippen LogP contribution in [-0.4, -0.2) is 23.8 Å². The zero-order chi connectivity index (χ0) is 18.3. The highest BCUT2D eigenvalue weighted by atomic mass is 16.4. The van der Waals surface area contributed by atoms with Crippen molar-refractivity contribution < 1.29 is 9.90 Å². The number of rotatable bonds is 4. The molecule has 136 valence electrons. The van der Waals surface area contributed by atoms with Crippen LogP contribution < -0.4 is 16.8 Å². The van der Waals surface area contributed by atoms with Gasteiger partial charge in [0.2, 0.25) is 0 Å². The van der Waals surface area contributed by atoms with Crippen LogP contribution in [0.1, 0.15) is 63.1 Å². The van der Waals surface area contributed by atoms with E-state index in [9.17, 15) is 0 Å². The largest absolute Gasteiger partial charge is 0.465 e. The molecule has 1 aromatic rings. The Bertz CT molecular complexity index is 534. The molecule has 0 aromatic heterocycles. The van der Waals surface area contributed by atoms with E-state index in [4.69, 9.17) is 15.6 Å². The van der Waals surface area contributed by atoms with Crippen LogP contribution in [0.3, 0.4) is 0 Å². The van der Waals surface area contributed by atoms with Gasteiger partial charge < -0.3 is 21.9 Å². The molecule has 2 rings (SSSR count). The van der Waals surface area contributed by atoms with E-state index in [1.807, 2.05) is 0 Å². The van der Waals surface area contributed by atoms with Crippen LogP contribution in [0.5, 0.6) is 0 Å². The van der Waals surface area contributed by atoms with Gasteiger partial charge in [-0.05, 0) is 47.9 Å². The SMILES string of the molecule is CCCNC1CCc2cc(CN)ccc2[C@H]1C(C)(C)C.NC(=O)O. The van der Waals surface area contributed by atoms with Crippen molar-refractivity contribution in [2.45, 2.75) is 65.5 Å². The van der Waals surface area contributed by atoms with Gasteiger partial charge in [-0.3, -0.25) is 0 Å². The number of carboxylic acid groups (broad SMARTS) is 1. The van der Waals surface area contributed by atoms with E-state index in [0.717, 1.165) is 6.54 Å². The summed E-state index contributed by atoms with van der Waals surface area (Å²) in [5.74, 6) is 0.588. The molecule has 2 atom stereocenters. The summed E-state index contributed by atoms with van der Waals surface area (Å²) in [6.45, 7) is 11.1. The zero-order valence-corrected chi connectivity index (χ0v) is 15.4. The summed E-state index contributed by atoms with van der Waals surface area (Å²) in [6.07, 6.45) is 2.28. The van der Waals surface area contributed by atoms with Crippen LogP contribution in [0.15, 0.2) is 18.2 Å². The maximum absolute atomic E-state index is 8.78. The van der Waals surface area contributed by atoms with Gasteiger partial charge in [0, 0.05) is 18.5 Å². The molecule has 24 heavy (non-hydrogen) atoms. The van der Waals surface area contributed by atoms with Crippen molar-refractivity contribution in [2.75, 3.05) is 6.54 Å². The molecule has 0 saturated heterocycles. The maximum atomic E-state index is 8.78. The quantitative estimate of drug-likeness (QED) is 0.678. The molecule has 0 aliphatic heterocycles. The number of hydrogen-bond acceptors (Lipinski definition) is 3. The number of hydrogen-bond donors (Lipinski definition) is 4. The van der Waals surface area contributed by atoms with Crippen molar-refractivity contribution >= 4 is 6.09 Å². The van der Waals surface area contributed by atoms with Crippen molar-refractivity contribution in [1.82, 2.24) is 5.32 Å². The highest BCUT2D eigenvalue weighted by molar-refractivity contribution is 5.61. The third kappa shape index (κ3) is 5.80. The van der Waals surface area contributed by atoms with Gasteiger partial charge in [-0.15, -0.1) is 0 Å². The third-order valence-corrected chi connectivity index (χ3v) is 4.49. The fourth-order valence-corrected chi connectivity index (χ4v) is 3.62. The van der Waals surface area contributed by atoms with Crippen LogP contribution in [0.4, 0.5) is 4.79 Å². The lowest BCUT2D eigenvalue weighted by Crippen LogP contribution is -2.44. The predicted octanol–water partition coefficient (Wildman–Crippen LogP) is 3.21. The number of fused-ring (bicyclic) bond motifs is 1. The number of nitrogens with two attached hydrogens (primary N) is 2. The van der Waals surface area contributed by atoms with E-state index in [2.05, 4.69) is 56.9 Å². The average Bonchev–Trinajstić information content (AvgIpc) is 2.50. The van der Waals surface area contributed by atoms with Gasteiger partial charge in [0.05, 0.1) is 0 Å². The first-order chi connectivity index (χ1) is 11.2. The second kappa shape index (κ2) is 9.04. The Morgan fingerprint density at radius 3 is 2.50 bits per heavy atom. The van der Waals surface area contributed by atoms with Crippen molar-refractivity contribution in [3.63, 3.8) is 0 Å². The Labute approximate surface area is 145 Å². The molecule has 1 amide bonds. The summed E-state index contributed by atoms with van der Waals surface area (Å²) >= 11 is 0. The van der Waals surface area contributed by atoms with Gasteiger partial charge >= 0.3 is 6.09 Å². The molecule has 0 spiro atoms. The highest BCUT2D eigenvalue weighted by Gasteiger charge is 2.37. The van der Waals surface area contributed by atoms with Crippen LogP contribution >= 0.6 is 0 Å². The van der Waals surface area contributed by atoms with E-state index >= 15 is 0 Å². The smallest absolute Gasteiger partial charge is 0.402 e. The lowest BCUT2D eigenvalue weighted by Gasteiger charge is -2.42. The summed E-state index contributed by atoms with van der Waals surface area (Å²) < 4.78 is 0. The van der Waals surface area contributed by atoms with Gasteiger partial charge in [-0.2, -0.15) is 0 Å². The van der Waals surface area contributed by atoms with E-state index in [1.54, 1.807) is 0 Å². The molecule has 0 heterocycles. The maximum Gasteiger partial charge on any atom is 0.402 e. The van der Waals surface area contributed by atoms with E-state index in [1.165, 1.54) is 36.0 Å². The molecule has 1 unspecified atom stereocenters. The van der Waals surface area contributed by atoms with E-state index in [-0.39, 0.29) is 5.41 Å². The molecular formula is C19H33N3O2. The lowest BCUT2D eigenvalue weighted by molar-refractivity contribution is 0.205. The number of primary amides is 1. The van der Waals surface area contributed by atoms with Crippen LogP contribution in [0.25, 0.3) is 0 Å². The summed E-state index contributed by atoms with van der Waals surface area (Å²) in [5, 5.41) is 11.0. The monoisotopic (exact) mass is 335 g/mol. The Hall–Kier alpha value is -1.59. The van der Waals surface area contributed by atoms with Crippen molar-refractivity contribution in [1.29, 1.82) is 0 Å². The minimum atomic E-state index is -1.33. The molecule has 0 bridgehead atoms. The minimum Gasteiger partial charge on any atom is -0.465 e. The summed E-state index contributed by atoms with van der Waals surface area (Å²) in [7, 11) is 0. The molecule has 0 radical (unpaired) electrons. The molecule has 5 heteroatoms. The van der Waals surface area contributed by atoms with Crippen LogP contribution in [0, 0.1) is 5.41 Å². The van der Waals surface area contributed by atoms with E-state index in [0.29, 0.717) is 18.5 Å². The Balaban J connectivity index is 0.000000648. The Morgan fingerprint density at radius 1 is 1.38 bits per heavy atom. The summed E-state index contributed by atoms with van der Waals surface area (Å²) in [6, 6.07) is 7.46. The number of aryl methyl sites for hydroxylation is 1. The van der Waals surface area contributed by atoms with Crippen molar-refractivity contribution in [3.05, 3.63) is 34.9 Å². The van der Waals surface area contributed by atoms with Gasteiger partial charge in [0.25, 0.3) is 0 Å². The molecule has 0 saturated carbocycles. The summed E-state index contributed by atoms with van der Waals surface area (Å²) in [4.78, 5) is 8.78. The fraction of sp³-hybridized carbons (Fsp3) is 0.632. The first-order valence-electron chi connectivity index (χ1n) is 8.74. The number of amides is 1. The predicted molar refractivity (Wildman–Crippen MR) is 99.1 cm³/mol. The van der Waals surface area contributed by atoms with Gasteiger partial charge in [0.1, 0.15) is 0 Å². The fourth-order valence-electron chi connectivity index (χ4n) is 3.62. The number of nitrogens with one attached hydrogen (secondary N) is 1. The minimum absolute atomic E-state index is 0.283. The molecule has 1 aromatic carbocycles. The number of carbonyl (C=O) groups is 1. The van der Waals surface area contributed by atoms with Gasteiger partial charge in [0.15, 0.2) is 0 Å². The van der Waals surface area contributed by atoms with E-state index < -0.39 is 6.09 Å². The molecule has 1 aliphatic rings.